The van der Waals surface area contributed by atoms with E-state index in [1.165, 1.54) is 38.5 Å². The van der Waals surface area contributed by atoms with Crippen molar-refractivity contribution in [3.8, 4) is 0 Å². The molecule has 6 atom stereocenters. The third-order valence-electron chi connectivity index (χ3n) is 11.5. The molecule has 272 valence electrons. The van der Waals surface area contributed by atoms with E-state index in [0.717, 1.165) is 24.3 Å². The van der Waals surface area contributed by atoms with Crippen molar-refractivity contribution < 1.29 is 23.5 Å². The molecule has 50 heavy (non-hydrogen) atoms. The molecule has 7 heteroatoms. The van der Waals surface area contributed by atoms with Crippen molar-refractivity contribution in [2.75, 3.05) is 0 Å². The molecule has 3 aliphatic carbocycles. The number of esters is 2. The number of hydrogen-bond acceptors (Lipinski definition) is 5. The first kappa shape index (κ1) is 38.7. The van der Waals surface area contributed by atoms with Gasteiger partial charge in [-0.15, -0.1) is 0 Å². The normalized spacial score (nSPS) is 28.5. The molecule has 0 N–H and O–H groups in total. The summed E-state index contributed by atoms with van der Waals surface area (Å²) in [6, 6.07) is 18.2. The molecule has 3 fully saturated rings. The maximum Gasteiger partial charge on any atom is 0.338 e. The lowest BCUT2D eigenvalue weighted by Gasteiger charge is -2.44. The molecule has 5 nitrogen and oxygen atoms in total. The van der Waals surface area contributed by atoms with Crippen molar-refractivity contribution in [2.24, 2.45) is 23.2 Å². The largest absolute Gasteiger partial charge is 0.457 e. The monoisotopic (exact) mass is 762 g/mol. The fraction of sp³-hybridized carbons (Fsp3) is 0.581. The SMILES string of the molecule is C[C@H](CCCC(C)(C)O[Si](C)(C)C)[C@H]1CC[C@H]2C(=CC=C3C[C@@H](OC(=O)c4ccccc4)C(Br)[C@H](OC(=O)c4ccccc4)C3)CCC[C@]12C. The molecule has 0 saturated heterocycles. The van der Waals surface area contributed by atoms with Gasteiger partial charge in [-0.3, -0.25) is 0 Å². The van der Waals surface area contributed by atoms with E-state index >= 15 is 0 Å². The molecule has 3 aliphatic rings. The summed E-state index contributed by atoms with van der Waals surface area (Å²) in [6.45, 7) is 16.5. The Morgan fingerprint density at radius 2 is 1.48 bits per heavy atom. The third kappa shape index (κ3) is 9.89. The zero-order chi connectivity index (χ0) is 36.1. The van der Waals surface area contributed by atoms with E-state index in [4.69, 9.17) is 13.9 Å². The molecule has 2 aromatic rings. The van der Waals surface area contributed by atoms with Crippen molar-refractivity contribution in [3.63, 3.8) is 0 Å². The molecule has 2 aromatic carbocycles. The maximum absolute atomic E-state index is 13.1. The summed E-state index contributed by atoms with van der Waals surface area (Å²) in [5.41, 5.74) is 4.00. The second kappa shape index (κ2) is 16.5. The van der Waals surface area contributed by atoms with Crippen molar-refractivity contribution in [1.82, 2.24) is 0 Å². The highest BCUT2D eigenvalue weighted by atomic mass is 79.9. The first-order chi connectivity index (χ1) is 23.6. The minimum Gasteiger partial charge on any atom is -0.457 e. The van der Waals surface area contributed by atoms with E-state index in [2.05, 4.69) is 75.4 Å². The average molecular weight is 764 g/mol. The Labute approximate surface area is 310 Å². The molecular formula is C43H59BrO5Si. The number of allylic oxidation sites excluding steroid dienone is 3. The number of carbonyl (C=O) groups is 2. The molecule has 0 bridgehead atoms. The predicted molar refractivity (Wildman–Crippen MR) is 209 cm³/mol. The fourth-order valence-electron chi connectivity index (χ4n) is 9.34. The second-order valence-corrected chi connectivity index (χ2v) is 22.5. The van der Waals surface area contributed by atoms with Crippen LogP contribution in [-0.4, -0.2) is 42.9 Å². The van der Waals surface area contributed by atoms with E-state index < -0.39 is 20.5 Å². The van der Waals surface area contributed by atoms with Crippen LogP contribution in [0.25, 0.3) is 0 Å². The molecular weight excluding hydrogens is 704 g/mol. The first-order valence-electron chi connectivity index (χ1n) is 18.9. The lowest BCUT2D eigenvalue weighted by atomic mass is 9.60. The molecule has 0 radical (unpaired) electrons. The van der Waals surface area contributed by atoms with E-state index in [9.17, 15) is 9.59 Å². The number of benzene rings is 2. The Kier molecular flexibility index (Phi) is 12.8. The van der Waals surface area contributed by atoms with Crippen LogP contribution in [0.3, 0.4) is 0 Å². The van der Waals surface area contributed by atoms with Gasteiger partial charge in [0.2, 0.25) is 0 Å². The summed E-state index contributed by atoms with van der Waals surface area (Å²) < 4.78 is 18.7. The number of carbonyl (C=O) groups excluding carboxylic acids is 2. The number of rotatable bonds is 12. The smallest absolute Gasteiger partial charge is 0.338 e. The van der Waals surface area contributed by atoms with Crippen LogP contribution >= 0.6 is 15.9 Å². The molecule has 5 rings (SSSR count). The number of alkyl halides is 1. The first-order valence-corrected chi connectivity index (χ1v) is 23.2. The molecule has 0 aromatic heterocycles. The summed E-state index contributed by atoms with van der Waals surface area (Å²) in [5.74, 6) is 1.29. The molecule has 0 unspecified atom stereocenters. The van der Waals surface area contributed by atoms with Gasteiger partial charge in [0.15, 0.2) is 8.32 Å². The zero-order valence-corrected chi connectivity index (χ0v) is 34.0. The average Bonchev–Trinajstić information content (AvgIpc) is 3.42. The molecule has 0 amide bonds. The minimum absolute atomic E-state index is 0.0493. The van der Waals surface area contributed by atoms with Crippen LogP contribution in [0.4, 0.5) is 0 Å². The van der Waals surface area contributed by atoms with E-state index in [0.29, 0.717) is 41.2 Å². The van der Waals surface area contributed by atoms with Gasteiger partial charge in [-0.25, -0.2) is 9.59 Å². The Balaban J connectivity index is 1.29. The van der Waals surface area contributed by atoms with Gasteiger partial charge in [0, 0.05) is 12.8 Å². The van der Waals surface area contributed by atoms with Crippen LogP contribution < -0.4 is 0 Å². The molecule has 0 spiro atoms. The number of fused-ring (bicyclic) bond motifs is 1. The quantitative estimate of drug-likeness (QED) is 0.122. The van der Waals surface area contributed by atoms with E-state index in [1.54, 1.807) is 29.8 Å². The highest BCUT2D eigenvalue weighted by Crippen LogP contribution is 2.60. The van der Waals surface area contributed by atoms with E-state index in [1.807, 2.05) is 36.4 Å². The minimum atomic E-state index is -1.57. The molecule has 3 saturated carbocycles. The lowest BCUT2D eigenvalue weighted by Crippen LogP contribution is -2.43. The van der Waals surface area contributed by atoms with Crippen LogP contribution in [0.5, 0.6) is 0 Å². The predicted octanol–water partition coefficient (Wildman–Crippen LogP) is 11.5. The van der Waals surface area contributed by atoms with Crippen molar-refractivity contribution in [1.29, 1.82) is 0 Å². The number of ether oxygens (including phenoxy) is 2. The maximum atomic E-state index is 13.1. The van der Waals surface area contributed by atoms with Gasteiger partial charge >= 0.3 is 11.9 Å². The van der Waals surface area contributed by atoms with Crippen LogP contribution in [-0.2, 0) is 13.9 Å². The summed E-state index contributed by atoms with van der Waals surface area (Å²) >= 11 is 3.78. The van der Waals surface area contributed by atoms with Gasteiger partial charge in [0.25, 0.3) is 0 Å². The van der Waals surface area contributed by atoms with Gasteiger partial charge in [-0.05, 0) is 119 Å². The summed E-state index contributed by atoms with van der Waals surface area (Å²) in [5, 5.41) is 0. The number of halogens is 1. The highest BCUT2D eigenvalue weighted by molar-refractivity contribution is 9.09. The van der Waals surface area contributed by atoms with Gasteiger partial charge in [0.05, 0.1) is 21.6 Å². The second-order valence-electron chi connectivity index (χ2n) is 17.0. The Morgan fingerprint density at radius 3 is 2.02 bits per heavy atom. The molecule has 0 aliphatic heterocycles. The Bertz CT molecular complexity index is 1450. The fourth-order valence-corrected chi connectivity index (χ4v) is 11.7. The Morgan fingerprint density at radius 1 is 0.920 bits per heavy atom. The van der Waals surface area contributed by atoms with Crippen LogP contribution in [0, 0.1) is 23.2 Å². The van der Waals surface area contributed by atoms with Gasteiger partial charge in [-0.2, -0.15) is 0 Å². The van der Waals surface area contributed by atoms with Gasteiger partial charge in [-0.1, -0.05) is 102 Å². The van der Waals surface area contributed by atoms with Crippen LogP contribution in [0.2, 0.25) is 19.6 Å². The van der Waals surface area contributed by atoms with Crippen LogP contribution in [0.1, 0.15) is 113 Å². The van der Waals surface area contributed by atoms with E-state index in [-0.39, 0.29) is 22.4 Å². The van der Waals surface area contributed by atoms with Crippen molar-refractivity contribution in [3.05, 3.63) is 95.1 Å². The van der Waals surface area contributed by atoms with Crippen LogP contribution in [0.15, 0.2) is 84.0 Å². The van der Waals surface area contributed by atoms with Gasteiger partial charge in [0.1, 0.15) is 12.2 Å². The van der Waals surface area contributed by atoms with Crippen molar-refractivity contribution in [2.45, 2.75) is 134 Å². The number of hydrogen-bond donors (Lipinski definition) is 0. The van der Waals surface area contributed by atoms with Crippen molar-refractivity contribution >= 4 is 36.2 Å². The summed E-state index contributed by atoms with van der Waals surface area (Å²) in [6.07, 6.45) is 14.7. The lowest BCUT2D eigenvalue weighted by molar-refractivity contribution is -0.00360. The molecule has 0 heterocycles. The Hall–Kier alpha value is -2.48. The standard InChI is InChI=1S/C43H59BrO5Si/c1-30(16-14-26-42(2,3)49-50(5,6)7)35-24-25-36-32(21-15-27-43(35,36)4)23-22-31-28-37(47-40(45)33-17-10-8-11-18-33)39(44)38(29-31)48-41(46)34-19-12-9-13-20-34/h8-13,17-20,22-23,30,35-39H,14-16,21,24-29H2,1-7H3/t30-,35-,36+,37-,38-,39?,43-/m1/s1. The summed E-state index contributed by atoms with van der Waals surface area (Å²) in [7, 11) is -1.57. The third-order valence-corrected chi connectivity index (χ3v) is 13.8. The summed E-state index contributed by atoms with van der Waals surface area (Å²) in [4.78, 5) is 26.0. The van der Waals surface area contributed by atoms with Gasteiger partial charge < -0.3 is 13.9 Å². The topological polar surface area (TPSA) is 61.8 Å². The zero-order valence-electron chi connectivity index (χ0n) is 31.4. The highest BCUT2D eigenvalue weighted by Gasteiger charge is 2.50.